The van der Waals surface area contributed by atoms with Gasteiger partial charge in [0.2, 0.25) is 0 Å². The van der Waals surface area contributed by atoms with E-state index in [-0.39, 0.29) is 0 Å². The summed E-state index contributed by atoms with van der Waals surface area (Å²) in [6.07, 6.45) is 5.94. The molecule has 2 heterocycles. The van der Waals surface area contributed by atoms with Crippen LogP contribution in [0.15, 0.2) is 36.9 Å². The molecular weight excluding hydrogens is 228 g/mol. The summed E-state index contributed by atoms with van der Waals surface area (Å²) in [6.45, 7) is 0. The minimum atomic E-state index is 0.495. The molecule has 18 heavy (non-hydrogen) atoms. The van der Waals surface area contributed by atoms with Crippen molar-refractivity contribution >= 4 is 11.4 Å². The van der Waals surface area contributed by atoms with Gasteiger partial charge < -0.3 is 11.5 Å². The highest BCUT2D eigenvalue weighted by Gasteiger charge is 1.88. The van der Waals surface area contributed by atoms with Gasteiger partial charge >= 0.3 is 0 Å². The Morgan fingerprint density at radius 3 is 1.39 bits per heavy atom. The molecule has 6 nitrogen and oxygen atoms in total. The van der Waals surface area contributed by atoms with Gasteiger partial charge in [-0.2, -0.15) is 10.5 Å². The number of rotatable bonds is 0. The number of pyridine rings is 2. The fourth-order valence-electron chi connectivity index (χ4n) is 1.04. The van der Waals surface area contributed by atoms with E-state index in [4.69, 9.17) is 22.0 Å². The van der Waals surface area contributed by atoms with Crippen molar-refractivity contribution in [2.24, 2.45) is 0 Å². The predicted molar refractivity (Wildman–Crippen MR) is 66.7 cm³/mol. The third-order valence-corrected chi connectivity index (χ3v) is 1.78. The minimum Gasteiger partial charge on any atom is -0.397 e. The van der Waals surface area contributed by atoms with Crippen LogP contribution in [0.1, 0.15) is 11.1 Å². The summed E-state index contributed by atoms with van der Waals surface area (Å²) >= 11 is 0. The molecule has 0 amide bonds. The average Bonchev–Trinajstić information content (AvgIpc) is 2.39. The molecule has 88 valence electrons. The second-order valence-corrected chi connectivity index (χ2v) is 3.24. The lowest BCUT2D eigenvalue weighted by Gasteiger charge is -1.88. The van der Waals surface area contributed by atoms with Crippen LogP contribution in [0, 0.1) is 22.7 Å². The fraction of sp³-hybridized carbons (Fsp3) is 0. The molecule has 0 saturated carbocycles. The zero-order valence-corrected chi connectivity index (χ0v) is 9.41. The molecule has 2 aromatic heterocycles. The maximum absolute atomic E-state index is 8.32. The van der Waals surface area contributed by atoms with Crippen LogP contribution in [0.3, 0.4) is 0 Å². The van der Waals surface area contributed by atoms with Gasteiger partial charge in [-0.1, -0.05) is 0 Å². The van der Waals surface area contributed by atoms with E-state index in [0.717, 1.165) is 0 Å². The maximum Gasteiger partial charge on any atom is 0.101 e. The molecule has 0 aliphatic carbocycles. The number of nitriles is 2. The molecule has 0 bridgehead atoms. The van der Waals surface area contributed by atoms with Crippen LogP contribution in [0.4, 0.5) is 11.4 Å². The van der Waals surface area contributed by atoms with Gasteiger partial charge in [0.1, 0.15) is 12.1 Å². The van der Waals surface area contributed by atoms with Crippen LogP contribution in [0.25, 0.3) is 0 Å². The van der Waals surface area contributed by atoms with E-state index >= 15 is 0 Å². The summed E-state index contributed by atoms with van der Waals surface area (Å²) in [6, 6.07) is 7.00. The van der Waals surface area contributed by atoms with Crippen LogP contribution in [0.2, 0.25) is 0 Å². The van der Waals surface area contributed by atoms with Crippen molar-refractivity contribution in [2.75, 3.05) is 11.5 Å². The van der Waals surface area contributed by atoms with Crippen molar-refractivity contribution in [3.05, 3.63) is 48.0 Å². The first-order valence-corrected chi connectivity index (χ1v) is 4.87. The summed E-state index contributed by atoms with van der Waals surface area (Å²) in [5.41, 5.74) is 12.7. The zero-order valence-electron chi connectivity index (χ0n) is 9.41. The van der Waals surface area contributed by atoms with Crippen molar-refractivity contribution in [1.82, 2.24) is 9.97 Å². The SMILES string of the molecule is N#Cc1cncc(N)c1.N#Cc1cncc(N)c1. The van der Waals surface area contributed by atoms with E-state index in [9.17, 15) is 0 Å². The highest BCUT2D eigenvalue weighted by atomic mass is 14.7. The first kappa shape index (κ1) is 12.9. The monoisotopic (exact) mass is 238 g/mol. The summed E-state index contributed by atoms with van der Waals surface area (Å²) in [7, 11) is 0. The molecule has 0 spiro atoms. The van der Waals surface area contributed by atoms with Crippen LogP contribution >= 0.6 is 0 Å². The summed E-state index contributed by atoms with van der Waals surface area (Å²) in [5.74, 6) is 0. The quantitative estimate of drug-likeness (QED) is 0.707. The van der Waals surface area contributed by atoms with Crippen LogP contribution in [0.5, 0.6) is 0 Å². The van der Waals surface area contributed by atoms with E-state index in [1.165, 1.54) is 24.8 Å². The molecule has 0 radical (unpaired) electrons. The summed E-state index contributed by atoms with van der Waals surface area (Å²) in [5, 5.41) is 16.6. The second kappa shape index (κ2) is 6.46. The van der Waals surface area contributed by atoms with Gasteiger partial charge in [-0.05, 0) is 12.1 Å². The highest BCUT2D eigenvalue weighted by Crippen LogP contribution is 2.01. The molecule has 0 unspecified atom stereocenters. The molecule has 4 N–H and O–H groups in total. The Morgan fingerprint density at radius 1 is 0.778 bits per heavy atom. The van der Waals surface area contributed by atoms with Crippen molar-refractivity contribution in [1.29, 1.82) is 10.5 Å². The number of nitrogens with two attached hydrogens (primary N) is 2. The standard InChI is InChI=1S/2C6H5N3/c2*7-2-5-1-6(8)4-9-3-5/h2*1,3-4H,8H2. The van der Waals surface area contributed by atoms with Gasteiger partial charge in [0.25, 0.3) is 0 Å². The number of nitrogen functional groups attached to an aromatic ring is 2. The molecule has 0 aliphatic heterocycles. The van der Waals surface area contributed by atoms with Crippen LogP contribution in [-0.4, -0.2) is 9.97 Å². The van der Waals surface area contributed by atoms with Gasteiger partial charge in [0.05, 0.1) is 22.5 Å². The number of nitrogens with zero attached hydrogens (tertiary/aromatic N) is 4. The Morgan fingerprint density at radius 2 is 1.17 bits per heavy atom. The number of anilines is 2. The predicted octanol–water partition coefficient (Wildman–Crippen LogP) is 1.07. The zero-order chi connectivity index (χ0) is 13.4. The van der Waals surface area contributed by atoms with E-state index < -0.39 is 0 Å². The van der Waals surface area contributed by atoms with E-state index in [0.29, 0.717) is 22.5 Å². The van der Waals surface area contributed by atoms with Crippen LogP contribution < -0.4 is 11.5 Å². The number of hydrogen-bond acceptors (Lipinski definition) is 6. The van der Waals surface area contributed by atoms with Gasteiger partial charge in [-0.3, -0.25) is 9.97 Å². The topological polar surface area (TPSA) is 125 Å². The minimum absolute atomic E-state index is 0.495. The first-order chi connectivity index (χ1) is 8.65. The first-order valence-electron chi connectivity index (χ1n) is 4.87. The van der Waals surface area contributed by atoms with E-state index in [1.807, 2.05) is 12.1 Å². The van der Waals surface area contributed by atoms with E-state index in [1.54, 1.807) is 12.1 Å². The van der Waals surface area contributed by atoms with E-state index in [2.05, 4.69) is 9.97 Å². The molecule has 0 saturated heterocycles. The lowest BCUT2D eigenvalue weighted by Crippen LogP contribution is -1.86. The Kier molecular flexibility index (Phi) is 4.65. The summed E-state index contributed by atoms with van der Waals surface area (Å²) < 4.78 is 0. The molecule has 0 atom stereocenters. The van der Waals surface area contributed by atoms with Crippen molar-refractivity contribution in [2.45, 2.75) is 0 Å². The Labute approximate surface area is 104 Å². The Balaban J connectivity index is 0.000000180. The van der Waals surface area contributed by atoms with Crippen molar-refractivity contribution < 1.29 is 0 Å². The summed E-state index contributed by atoms with van der Waals surface area (Å²) in [4.78, 5) is 7.42. The number of hydrogen-bond donors (Lipinski definition) is 2. The van der Waals surface area contributed by atoms with Gasteiger partial charge in [0, 0.05) is 24.8 Å². The Hall–Kier alpha value is -3.12. The molecular formula is C12H10N6. The smallest absolute Gasteiger partial charge is 0.101 e. The molecule has 2 aromatic rings. The lowest BCUT2D eigenvalue weighted by atomic mass is 10.3. The second-order valence-electron chi connectivity index (χ2n) is 3.24. The molecule has 0 aromatic carbocycles. The third-order valence-electron chi connectivity index (χ3n) is 1.78. The third kappa shape index (κ3) is 4.17. The molecule has 0 fully saturated rings. The van der Waals surface area contributed by atoms with Gasteiger partial charge in [0.15, 0.2) is 0 Å². The highest BCUT2D eigenvalue weighted by molar-refractivity contribution is 5.42. The molecule has 6 heteroatoms. The maximum atomic E-state index is 8.32. The largest absolute Gasteiger partial charge is 0.397 e. The lowest BCUT2D eigenvalue weighted by molar-refractivity contribution is 1.31. The molecule has 2 rings (SSSR count). The van der Waals surface area contributed by atoms with Crippen molar-refractivity contribution in [3.63, 3.8) is 0 Å². The fourth-order valence-corrected chi connectivity index (χ4v) is 1.04. The van der Waals surface area contributed by atoms with Gasteiger partial charge in [-0.25, -0.2) is 0 Å². The van der Waals surface area contributed by atoms with Crippen molar-refractivity contribution in [3.8, 4) is 12.1 Å². The Bertz CT molecular complexity index is 553. The normalized spacial score (nSPS) is 8.33. The average molecular weight is 238 g/mol. The molecule has 0 aliphatic rings. The van der Waals surface area contributed by atoms with Crippen LogP contribution in [-0.2, 0) is 0 Å². The number of aromatic nitrogens is 2. The van der Waals surface area contributed by atoms with Gasteiger partial charge in [-0.15, -0.1) is 0 Å².